The summed E-state index contributed by atoms with van der Waals surface area (Å²) in [5.41, 5.74) is 25.2. The molecule has 0 nitrogen and oxygen atoms in total. The average molecular weight is 545 g/mol. The summed E-state index contributed by atoms with van der Waals surface area (Å²) < 4.78 is 0. The van der Waals surface area contributed by atoms with E-state index in [0.717, 1.165) is 6.42 Å². The van der Waals surface area contributed by atoms with Crippen molar-refractivity contribution in [1.82, 2.24) is 0 Å². The molecule has 0 heteroatoms. The van der Waals surface area contributed by atoms with Crippen LogP contribution in [0.3, 0.4) is 0 Å². The van der Waals surface area contributed by atoms with E-state index in [0.29, 0.717) is 35.5 Å². The maximum Gasteiger partial charge on any atom is 0.0247 e. The van der Waals surface area contributed by atoms with Gasteiger partial charge in [-0.05, 0) is 110 Å². The van der Waals surface area contributed by atoms with Crippen LogP contribution >= 0.6 is 0 Å². The van der Waals surface area contributed by atoms with Crippen LogP contribution in [0.25, 0.3) is 0 Å². The molecular formula is C41H52. The van der Waals surface area contributed by atoms with E-state index in [2.05, 4.69) is 124 Å². The maximum absolute atomic E-state index is 4.86. The Kier molecular flexibility index (Phi) is 7.22. The standard InChI is InChI=1S/C41H52/c1-15-18-27-21-30-28(19-16-2)29(20-17-3)33(26(27)8)37-34(30)38(40(9,10)11)35-31-22(4)24(6)32(25(7)23(31)5)36(35)39(37)41(12,13)14/h18,20,22-25,27,29-33H,1-3,8,21H2,4-7,9-14H3. The zero-order chi connectivity index (χ0) is 30.3. The summed E-state index contributed by atoms with van der Waals surface area (Å²) in [6.45, 7) is 41.8. The lowest BCUT2D eigenvalue weighted by Crippen LogP contribution is -2.48. The van der Waals surface area contributed by atoms with Gasteiger partial charge in [-0.2, -0.15) is 0 Å². The molecule has 8 atom stereocenters. The molecule has 7 rings (SSSR count). The number of allylic oxidation sites excluding steroid dienone is 4. The van der Waals surface area contributed by atoms with E-state index in [9.17, 15) is 0 Å². The third-order valence-corrected chi connectivity index (χ3v) is 11.7. The fourth-order valence-electron chi connectivity index (χ4n) is 10.1. The van der Waals surface area contributed by atoms with E-state index in [-0.39, 0.29) is 34.5 Å². The molecule has 1 aromatic rings. The van der Waals surface area contributed by atoms with Crippen LogP contribution in [0.5, 0.6) is 0 Å². The Hall–Kier alpha value is -2.70. The highest BCUT2D eigenvalue weighted by Gasteiger charge is 2.57. The van der Waals surface area contributed by atoms with Crippen molar-refractivity contribution in [3.05, 3.63) is 106 Å². The number of fused-ring (bicyclic) bond motifs is 5. The first kappa shape index (κ1) is 29.8. The van der Waals surface area contributed by atoms with Crippen molar-refractivity contribution in [3.8, 4) is 0 Å². The SMILES string of the molecule is C=C=C=C1C2CC(C=C=C)C(=C)C(c3c2c(C(C)(C)C)c2c(c3C(C)(C)C)C3C(C)C(C)C2C(C)C3C)C1C=C=C. The molecule has 2 fully saturated rings. The predicted octanol–water partition coefficient (Wildman–Crippen LogP) is 10.9. The molecule has 6 aliphatic carbocycles. The third kappa shape index (κ3) is 4.11. The largest absolute Gasteiger partial charge is 0.132 e. The van der Waals surface area contributed by atoms with Gasteiger partial charge in [0.15, 0.2) is 0 Å². The van der Waals surface area contributed by atoms with Crippen molar-refractivity contribution in [1.29, 1.82) is 0 Å². The van der Waals surface area contributed by atoms with Gasteiger partial charge in [-0.15, -0.1) is 11.5 Å². The first-order valence-corrected chi connectivity index (χ1v) is 15.9. The van der Waals surface area contributed by atoms with Crippen LogP contribution in [0.2, 0.25) is 0 Å². The fraction of sp³-hybridized carbons (Fsp3) is 0.561. The number of hydrogen-bond donors (Lipinski definition) is 0. The van der Waals surface area contributed by atoms with Crippen molar-refractivity contribution in [2.45, 2.75) is 110 Å². The highest BCUT2D eigenvalue weighted by molar-refractivity contribution is 5.68. The Bertz CT molecular complexity index is 1470. The zero-order valence-corrected chi connectivity index (χ0v) is 27.5. The summed E-state index contributed by atoms with van der Waals surface area (Å²) in [7, 11) is 0. The summed E-state index contributed by atoms with van der Waals surface area (Å²) in [6, 6.07) is 0. The molecule has 0 aliphatic heterocycles. The van der Waals surface area contributed by atoms with Gasteiger partial charge < -0.3 is 0 Å². The molecule has 1 aromatic carbocycles. The molecule has 0 saturated heterocycles. The van der Waals surface area contributed by atoms with Gasteiger partial charge in [-0.25, -0.2) is 0 Å². The third-order valence-electron chi connectivity index (χ3n) is 11.7. The minimum Gasteiger partial charge on any atom is -0.132 e. The monoisotopic (exact) mass is 544 g/mol. The molecule has 0 heterocycles. The molecule has 8 unspecified atom stereocenters. The highest BCUT2D eigenvalue weighted by Crippen LogP contribution is 2.68. The van der Waals surface area contributed by atoms with E-state index in [1.807, 2.05) is 0 Å². The number of benzene rings is 1. The van der Waals surface area contributed by atoms with Crippen LogP contribution in [0.4, 0.5) is 0 Å². The van der Waals surface area contributed by atoms with Crippen LogP contribution in [-0.2, 0) is 10.8 Å². The normalized spacial score (nSPS) is 35.4. The number of rotatable bonds is 2. The first-order chi connectivity index (χ1) is 19.1. The molecule has 0 amide bonds. The van der Waals surface area contributed by atoms with Crippen molar-refractivity contribution in [2.75, 3.05) is 0 Å². The minimum atomic E-state index is -0.0108. The molecule has 216 valence electrons. The van der Waals surface area contributed by atoms with Gasteiger partial charge in [0.25, 0.3) is 0 Å². The van der Waals surface area contributed by atoms with E-state index < -0.39 is 0 Å². The molecular weight excluding hydrogens is 492 g/mol. The Labute approximate surface area is 251 Å². The lowest BCUT2D eigenvalue weighted by Gasteiger charge is -2.59. The number of hydrogen-bond acceptors (Lipinski definition) is 0. The second kappa shape index (κ2) is 9.95. The summed E-state index contributed by atoms with van der Waals surface area (Å²) in [5, 5.41) is 0. The van der Waals surface area contributed by atoms with Crippen LogP contribution in [0, 0.1) is 35.5 Å². The second-order valence-electron chi connectivity index (χ2n) is 15.9. The zero-order valence-electron chi connectivity index (χ0n) is 27.5. The predicted molar refractivity (Wildman–Crippen MR) is 176 cm³/mol. The Morgan fingerprint density at radius 1 is 0.683 bits per heavy atom. The molecule has 0 radical (unpaired) electrons. The smallest absolute Gasteiger partial charge is 0.0247 e. The topological polar surface area (TPSA) is 0 Å². The van der Waals surface area contributed by atoms with Crippen LogP contribution in [0.15, 0.2) is 72.5 Å². The van der Waals surface area contributed by atoms with E-state index in [4.69, 9.17) is 6.58 Å². The minimum absolute atomic E-state index is 0.00363. The maximum atomic E-state index is 4.86. The molecule has 0 aromatic heterocycles. The van der Waals surface area contributed by atoms with E-state index >= 15 is 0 Å². The summed E-state index contributed by atoms with van der Waals surface area (Å²) in [4.78, 5) is 0. The quantitative estimate of drug-likeness (QED) is 0.256. The van der Waals surface area contributed by atoms with Gasteiger partial charge in [-0.1, -0.05) is 106 Å². The van der Waals surface area contributed by atoms with Crippen LogP contribution in [0.1, 0.15) is 133 Å². The average Bonchev–Trinajstić information content (AvgIpc) is 3.04. The summed E-state index contributed by atoms with van der Waals surface area (Å²) in [5.74, 6) is 4.40. The van der Waals surface area contributed by atoms with Gasteiger partial charge in [-0.3, -0.25) is 0 Å². The molecule has 4 bridgehead atoms. The van der Waals surface area contributed by atoms with Gasteiger partial charge in [0.05, 0.1) is 0 Å². The molecule has 6 aliphatic rings. The Morgan fingerprint density at radius 2 is 1.15 bits per heavy atom. The van der Waals surface area contributed by atoms with Crippen molar-refractivity contribution < 1.29 is 0 Å². The lowest BCUT2D eigenvalue weighted by molar-refractivity contribution is 0.0669. The molecule has 2 saturated carbocycles. The molecule has 0 N–H and O–H groups in total. The second-order valence-corrected chi connectivity index (χ2v) is 15.9. The van der Waals surface area contributed by atoms with Gasteiger partial charge in [0.2, 0.25) is 0 Å². The summed E-state index contributed by atoms with van der Waals surface area (Å²) >= 11 is 0. The highest BCUT2D eigenvalue weighted by atomic mass is 14.6. The molecule has 0 spiro atoms. The fourth-order valence-corrected chi connectivity index (χ4v) is 10.1. The van der Waals surface area contributed by atoms with Crippen LogP contribution < -0.4 is 0 Å². The van der Waals surface area contributed by atoms with Gasteiger partial charge in [0.1, 0.15) is 0 Å². The van der Waals surface area contributed by atoms with Crippen molar-refractivity contribution in [2.24, 2.45) is 35.5 Å². The van der Waals surface area contributed by atoms with E-state index in [1.54, 1.807) is 33.4 Å². The van der Waals surface area contributed by atoms with Crippen molar-refractivity contribution in [3.63, 3.8) is 0 Å². The Morgan fingerprint density at radius 3 is 1.56 bits per heavy atom. The first-order valence-electron chi connectivity index (χ1n) is 15.9. The summed E-state index contributed by atoms with van der Waals surface area (Å²) in [6.07, 6.45) is 5.29. The van der Waals surface area contributed by atoms with Gasteiger partial charge >= 0.3 is 0 Å². The molecule has 41 heavy (non-hydrogen) atoms. The lowest BCUT2D eigenvalue weighted by atomic mass is 9.45. The van der Waals surface area contributed by atoms with Gasteiger partial charge in [0, 0.05) is 23.7 Å². The van der Waals surface area contributed by atoms with E-state index in [1.165, 1.54) is 11.1 Å². The van der Waals surface area contributed by atoms with Crippen molar-refractivity contribution >= 4 is 0 Å². The van der Waals surface area contributed by atoms with Crippen LogP contribution in [-0.4, -0.2) is 0 Å². The Balaban J connectivity index is 2.10.